The summed E-state index contributed by atoms with van der Waals surface area (Å²) in [6, 6.07) is 7.80. The van der Waals surface area contributed by atoms with Crippen LogP contribution in [0.3, 0.4) is 0 Å². The molecule has 1 unspecified atom stereocenters. The molecule has 4 heteroatoms. The minimum Gasteiger partial charge on any atom is -0.469 e. The van der Waals surface area contributed by atoms with Gasteiger partial charge in [-0.15, -0.1) is 11.6 Å². The van der Waals surface area contributed by atoms with E-state index < -0.39 is 5.41 Å². The average Bonchev–Trinajstić information content (AvgIpc) is 2.92. The predicted molar refractivity (Wildman–Crippen MR) is 79.2 cm³/mol. The van der Waals surface area contributed by atoms with Crippen molar-refractivity contribution in [3.05, 3.63) is 53.0 Å². The fourth-order valence-electron chi connectivity index (χ4n) is 2.54. The molecule has 1 aliphatic heterocycles. The number of anilines is 1. The Morgan fingerprint density at radius 2 is 2.00 bits per heavy atom. The molecular weight excluding hydrogens is 274 g/mol. The third-order valence-corrected chi connectivity index (χ3v) is 4.37. The first-order valence-corrected chi connectivity index (χ1v) is 6.98. The second kappa shape index (κ2) is 4.38. The number of fused-ring (bicyclic) bond motifs is 1. The normalized spacial score (nSPS) is 17.7. The molecule has 0 fully saturated rings. The molecule has 0 saturated heterocycles. The third-order valence-electron chi connectivity index (χ3n) is 3.87. The molecule has 2 aromatic rings. The van der Waals surface area contributed by atoms with Crippen molar-refractivity contribution >= 4 is 23.2 Å². The largest absolute Gasteiger partial charge is 0.469 e. The van der Waals surface area contributed by atoms with Gasteiger partial charge in [0.15, 0.2) is 0 Å². The van der Waals surface area contributed by atoms with E-state index in [2.05, 4.69) is 5.32 Å². The van der Waals surface area contributed by atoms with Crippen molar-refractivity contribution < 1.29 is 9.21 Å². The number of alkyl halides is 1. The van der Waals surface area contributed by atoms with Gasteiger partial charge in [-0.2, -0.15) is 0 Å². The Kier molecular flexibility index (Phi) is 2.91. The maximum absolute atomic E-state index is 11.9. The van der Waals surface area contributed by atoms with Gasteiger partial charge < -0.3 is 9.73 Å². The summed E-state index contributed by atoms with van der Waals surface area (Å²) in [5.74, 6) is 0.860. The Morgan fingerprint density at radius 1 is 1.25 bits per heavy atom. The quantitative estimate of drug-likeness (QED) is 0.844. The summed E-state index contributed by atoms with van der Waals surface area (Å²) in [4.78, 5) is 11.9. The highest BCUT2D eigenvalue weighted by Gasteiger charge is 2.38. The van der Waals surface area contributed by atoms with Gasteiger partial charge in [0, 0.05) is 11.3 Å². The van der Waals surface area contributed by atoms with Crippen molar-refractivity contribution in [3.63, 3.8) is 0 Å². The molecule has 0 saturated carbocycles. The second-order valence-corrected chi connectivity index (χ2v) is 6.17. The van der Waals surface area contributed by atoms with E-state index in [0.717, 1.165) is 28.1 Å². The summed E-state index contributed by atoms with van der Waals surface area (Å²) >= 11 is 6.51. The van der Waals surface area contributed by atoms with E-state index in [-0.39, 0.29) is 11.3 Å². The second-order valence-electron chi connectivity index (χ2n) is 5.74. The number of hydrogen-bond donors (Lipinski definition) is 1. The van der Waals surface area contributed by atoms with E-state index in [1.165, 1.54) is 0 Å². The number of benzene rings is 1. The summed E-state index contributed by atoms with van der Waals surface area (Å²) < 4.78 is 5.31. The van der Waals surface area contributed by atoms with Crippen molar-refractivity contribution in [2.24, 2.45) is 0 Å². The lowest BCUT2D eigenvalue weighted by atomic mass is 9.85. The lowest BCUT2D eigenvalue weighted by molar-refractivity contribution is -0.119. The minimum absolute atomic E-state index is 0.0231. The zero-order chi connectivity index (χ0) is 14.5. The third kappa shape index (κ3) is 1.93. The van der Waals surface area contributed by atoms with Gasteiger partial charge in [-0.3, -0.25) is 4.79 Å². The van der Waals surface area contributed by atoms with Crippen LogP contribution in [-0.4, -0.2) is 5.91 Å². The Morgan fingerprint density at radius 3 is 2.65 bits per heavy atom. The van der Waals surface area contributed by atoms with Crippen LogP contribution >= 0.6 is 11.6 Å². The Hall–Kier alpha value is -1.74. The van der Waals surface area contributed by atoms with E-state index in [9.17, 15) is 4.79 Å². The molecule has 1 N–H and O–H groups in total. The van der Waals surface area contributed by atoms with Crippen LogP contribution in [0.5, 0.6) is 0 Å². The maximum atomic E-state index is 11.9. The molecular formula is C16H16ClNO2. The van der Waals surface area contributed by atoms with Crippen LogP contribution in [0.2, 0.25) is 0 Å². The van der Waals surface area contributed by atoms with Gasteiger partial charge in [0.05, 0.1) is 17.1 Å². The van der Waals surface area contributed by atoms with Crippen LogP contribution in [0.1, 0.15) is 41.7 Å². The molecule has 0 bridgehead atoms. The van der Waals surface area contributed by atoms with Crippen LogP contribution in [0.4, 0.5) is 5.69 Å². The van der Waals surface area contributed by atoms with Gasteiger partial charge in [-0.1, -0.05) is 12.1 Å². The van der Waals surface area contributed by atoms with Crippen LogP contribution in [0, 0.1) is 6.92 Å². The summed E-state index contributed by atoms with van der Waals surface area (Å²) in [6.07, 6.45) is 1.68. The van der Waals surface area contributed by atoms with Crippen molar-refractivity contribution in [2.75, 3.05) is 5.32 Å². The van der Waals surface area contributed by atoms with E-state index in [1.54, 1.807) is 6.26 Å². The topological polar surface area (TPSA) is 42.2 Å². The minimum atomic E-state index is -0.520. The number of halogens is 1. The fraction of sp³-hybridized carbons (Fsp3) is 0.312. The molecule has 2 heterocycles. The van der Waals surface area contributed by atoms with Crippen molar-refractivity contribution in [1.82, 2.24) is 0 Å². The summed E-state index contributed by atoms with van der Waals surface area (Å²) in [6.45, 7) is 5.73. The van der Waals surface area contributed by atoms with E-state index >= 15 is 0 Å². The van der Waals surface area contributed by atoms with Crippen LogP contribution < -0.4 is 5.32 Å². The monoisotopic (exact) mass is 289 g/mol. The highest BCUT2D eigenvalue weighted by Crippen LogP contribution is 2.40. The number of rotatable bonds is 2. The summed E-state index contributed by atoms with van der Waals surface area (Å²) in [7, 11) is 0. The smallest absolute Gasteiger partial charge is 0.234 e. The number of amides is 1. The number of aryl methyl sites for hydroxylation is 1. The molecule has 1 amide bonds. The molecule has 0 radical (unpaired) electrons. The van der Waals surface area contributed by atoms with E-state index in [0.29, 0.717) is 0 Å². The molecule has 0 spiro atoms. The molecule has 20 heavy (non-hydrogen) atoms. The molecule has 1 aliphatic rings. The first-order chi connectivity index (χ1) is 9.39. The zero-order valence-corrected chi connectivity index (χ0v) is 12.4. The molecule has 1 atom stereocenters. The standard InChI is InChI=1S/C16H16ClNO2/c1-9-6-11(8-20-9)14(17)10-4-5-13-12(7-10)16(2,3)15(19)18-13/h4-8,14H,1-3H3,(H,18,19). The van der Waals surface area contributed by atoms with E-state index in [4.69, 9.17) is 16.0 Å². The first kappa shape index (κ1) is 13.3. The zero-order valence-electron chi connectivity index (χ0n) is 11.7. The lowest BCUT2D eigenvalue weighted by Crippen LogP contribution is -2.26. The number of furan rings is 1. The van der Waals surface area contributed by atoms with Crippen LogP contribution in [0.25, 0.3) is 0 Å². The highest BCUT2D eigenvalue weighted by molar-refractivity contribution is 6.22. The Labute approximate surface area is 122 Å². The van der Waals surface area contributed by atoms with Crippen LogP contribution in [0.15, 0.2) is 34.9 Å². The first-order valence-electron chi connectivity index (χ1n) is 6.54. The Bertz CT molecular complexity index is 688. The van der Waals surface area contributed by atoms with Gasteiger partial charge in [0.1, 0.15) is 5.76 Å². The number of nitrogens with one attached hydrogen (secondary N) is 1. The molecule has 3 nitrogen and oxygen atoms in total. The average molecular weight is 290 g/mol. The molecule has 104 valence electrons. The van der Waals surface area contributed by atoms with Gasteiger partial charge in [0.2, 0.25) is 5.91 Å². The van der Waals surface area contributed by atoms with Gasteiger partial charge in [-0.05, 0) is 44.0 Å². The van der Waals surface area contributed by atoms with Gasteiger partial charge in [0.25, 0.3) is 0 Å². The summed E-state index contributed by atoms with van der Waals surface area (Å²) in [5, 5.41) is 2.62. The predicted octanol–water partition coefficient (Wildman–Crippen LogP) is 4.15. The Balaban J connectivity index is 2.02. The lowest BCUT2D eigenvalue weighted by Gasteiger charge is -2.17. The highest BCUT2D eigenvalue weighted by atomic mass is 35.5. The van der Waals surface area contributed by atoms with Gasteiger partial charge >= 0.3 is 0 Å². The summed E-state index contributed by atoms with van der Waals surface area (Å²) in [5.41, 5.74) is 3.24. The van der Waals surface area contributed by atoms with E-state index in [1.807, 2.05) is 45.0 Å². The van der Waals surface area contributed by atoms with Crippen molar-refractivity contribution in [2.45, 2.75) is 31.6 Å². The number of carbonyl (C=O) groups excluding carboxylic acids is 1. The molecule has 3 rings (SSSR count). The fourth-order valence-corrected chi connectivity index (χ4v) is 2.79. The van der Waals surface area contributed by atoms with Crippen molar-refractivity contribution in [1.29, 1.82) is 0 Å². The van der Waals surface area contributed by atoms with Crippen LogP contribution in [-0.2, 0) is 10.2 Å². The van der Waals surface area contributed by atoms with Crippen molar-refractivity contribution in [3.8, 4) is 0 Å². The number of hydrogen-bond acceptors (Lipinski definition) is 2. The molecule has 1 aromatic carbocycles. The van der Waals surface area contributed by atoms with Gasteiger partial charge in [-0.25, -0.2) is 0 Å². The SMILES string of the molecule is Cc1cc(C(Cl)c2ccc3c(c2)C(C)(C)C(=O)N3)co1. The maximum Gasteiger partial charge on any atom is 0.234 e. The molecule has 0 aliphatic carbocycles. The molecule has 1 aromatic heterocycles. The number of carbonyl (C=O) groups is 1.